The Labute approximate surface area is 141 Å². The molecule has 1 aliphatic heterocycles. The van der Waals surface area contributed by atoms with Crippen LogP contribution in [0.25, 0.3) is 0 Å². The highest BCUT2D eigenvalue weighted by Crippen LogP contribution is 2.28. The minimum atomic E-state index is -1.14. The number of rotatable bonds is 7. The van der Waals surface area contributed by atoms with Gasteiger partial charge in [0.2, 0.25) is 11.8 Å². The van der Waals surface area contributed by atoms with E-state index in [-0.39, 0.29) is 31.4 Å². The molecule has 2 amide bonds. The number of hydrogen-bond acceptors (Lipinski definition) is 5. The smallest absolute Gasteiger partial charge is 0.227 e. The molecule has 0 bridgehead atoms. The first-order valence-corrected chi connectivity index (χ1v) is 7.80. The minimum absolute atomic E-state index is 0.0729. The van der Waals surface area contributed by atoms with E-state index >= 15 is 0 Å². The monoisotopic (exact) mass is 336 g/mol. The summed E-state index contributed by atoms with van der Waals surface area (Å²) in [6.07, 6.45) is 0.148. The number of carbonyl (C=O) groups excluding carboxylic acids is 2. The van der Waals surface area contributed by atoms with Gasteiger partial charge in [0.05, 0.1) is 19.6 Å². The molecule has 0 radical (unpaired) electrons. The Kier molecular flexibility index (Phi) is 5.80. The van der Waals surface area contributed by atoms with E-state index in [1.54, 1.807) is 37.1 Å². The van der Waals surface area contributed by atoms with Crippen LogP contribution in [0.1, 0.15) is 13.3 Å². The van der Waals surface area contributed by atoms with Crippen molar-refractivity contribution in [2.24, 2.45) is 5.92 Å². The number of ether oxygens (including phenoxy) is 2. The zero-order chi connectivity index (χ0) is 17.7. The van der Waals surface area contributed by atoms with Gasteiger partial charge in [-0.1, -0.05) is 6.07 Å². The second kappa shape index (κ2) is 7.63. The summed E-state index contributed by atoms with van der Waals surface area (Å²) < 4.78 is 10.1. The van der Waals surface area contributed by atoms with Crippen LogP contribution in [-0.2, 0) is 14.3 Å². The van der Waals surface area contributed by atoms with Gasteiger partial charge in [0.15, 0.2) is 0 Å². The van der Waals surface area contributed by atoms with Crippen molar-refractivity contribution in [3.63, 3.8) is 0 Å². The Balaban J connectivity index is 1.97. The number of hydrogen-bond donors (Lipinski definition) is 2. The molecule has 0 saturated carbocycles. The molecule has 1 aromatic carbocycles. The molecule has 2 unspecified atom stereocenters. The summed E-state index contributed by atoms with van der Waals surface area (Å²) in [5, 5.41) is 12.7. The molecule has 2 rings (SSSR count). The van der Waals surface area contributed by atoms with Crippen LogP contribution < -0.4 is 15.0 Å². The van der Waals surface area contributed by atoms with E-state index in [2.05, 4.69) is 5.32 Å². The van der Waals surface area contributed by atoms with Gasteiger partial charge < -0.3 is 24.8 Å². The maximum absolute atomic E-state index is 12.3. The van der Waals surface area contributed by atoms with E-state index in [9.17, 15) is 14.7 Å². The van der Waals surface area contributed by atoms with Gasteiger partial charge in [-0.3, -0.25) is 9.59 Å². The average Bonchev–Trinajstić information content (AvgIpc) is 2.94. The molecule has 7 nitrogen and oxygen atoms in total. The van der Waals surface area contributed by atoms with Crippen molar-refractivity contribution in [2.45, 2.75) is 18.9 Å². The van der Waals surface area contributed by atoms with Crippen LogP contribution in [0.3, 0.4) is 0 Å². The fourth-order valence-corrected chi connectivity index (χ4v) is 2.69. The van der Waals surface area contributed by atoms with E-state index < -0.39 is 11.5 Å². The normalized spacial score (nSPS) is 19.9. The Morgan fingerprint density at radius 2 is 2.21 bits per heavy atom. The molecular formula is C17H24N2O5. The summed E-state index contributed by atoms with van der Waals surface area (Å²) in [6, 6.07) is 7.18. The highest BCUT2D eigenvalue weighted by molar-refractivity contribution is 6.00. The maximum atomic E-state index is 12.3. The summed E-state index contributed by atoms with van der Waals surface area (Å²) in [4.78, 5) is 26.1. The lowest BCUT2D eigenvalue weighted by Crippen LogP contribution is -2.45. The molecule has 1 aromatic rings. The van der Waals surface area contributed by atoms with Gasteiger partial charge in [-0.15, -0.1) is 0 Å². The third-order valence-corrected chi connectivity index (χ3v) is 3.96. The molecule has 1 aliphatic rings. The van der Waals surface area contributed by atoms with Gasteiger partial charge in [0.25, 0.3) is 0 Å². The predicted octanol–water partition coefficient (Wildman–Crippen LogP) is 0.562. The van der Waals surface area contributed by atoms with E-state index in [0.29, 0.717) is 18.0 Å². The van der Waals surface area contributed by atoms with Gasteiger partial charge in [-0.25, -0.2) is 0 Å². The van der Waals surface area contributed by atoms with Crippen LogP contribution in [0.2, 0.25) is 0 Å². The average molecular weight is 336 g/mol. The summed E-state index contributed by atoms with van der Waals surface area (Å²) in [5.41, 5.74) is -0.430. The first-order chi connectivity index (χ1) is 11.4. The second-order valence-electron chi connectivity index (χ2n) is 6.25. The number of anilines is 1. The molecule has 132 valence electrons. The molecule has 7 heteroatoms. The number of amides is 2. The van der Waals surface area contributed by atoms with Gasteiger partial charge in [0, 0.05) is 38.4 Å². The fourth-order valence-electron chi connectivity index (χ4n) is 2.69. The van der Waals surface area contributed by atoms with Crippen LogP contribution in [0.4, 0.5) is 5.69 Å². The SMILES string of the molecule is COCC(C)(O)CNC(=O)C1CC(=O)N(c2cccc(OC)c2)C1. The molecule has 0 aliphatic carbocycles. The molecule has 1 heterocycles. The number of nitrogens with one attached hydrogen (secondary N) is 1. The van der Waals surface area contributed by atoms with Crippen LogP contribution >= 0.6 is 0 Å². The molecule has 24 heavy (non-hydrogen) atoms. The zero-order valence-corrected chi connectivity index (χ0v) is 14.2. The van der Waals surface area contributed by atoms with E-state index in [4.69, 9.17) is 9.47 Å². The van der Waals surface area contributed by atoms with Gasteiger partial charge in [-0.2, -0.15) is 0 Å². The van der Waals surface area contributed by atoms with Crippen LogP contribution in [0.15, 0.2) is 24.3 Å². The van der Waals surface area contributed by atoms with Crippen molar-refractivity contribution >= 4 is 17.5 Å². The van der Waals surface area contributed by atoms with Crippen molar-refractivity contribution in [3.05, 3.63) is 24.3 Å². The van der Waals surface area contributed by atoms with Crippen LogP contribution in [0.5, 0.6) is 5.75 Å². The molecule has 0 spiro atoms. The highest BCUT2D eigenvalue weighted by Gasteiger charge is 2.35. The summed E-state index contributed by atoms with van der Waals surface area (Å²) in [6.45, 7) is 2.08. The van der Waals surface area contributed by atoms with Crippen molar-refractivity contribution < 1.29 is 24.2 Å². The predicted molar refractivity (Wildman–Crippen MR) is 89.0 cm³/mol. The van der Waals surface area contributed by atoms with Crippen LogP contribution in [0, 0.1) is 5.92 Å². The van der Waals surface area contributed by atoms with Crippen molar-refractivity contribution in [2.75, 3.05) is 38.8 Å². The summed E-state index contributed by atoms with van der Waals surface area (Å²) in [5.74, 6) is -0.136. The first-order valence-electron chi connectivity index (χ1n) is 7.80. The van der Waals surface area contributed by atoms with Gasteiger partial charge in [-0.05, 0) is 19.1 Å². The standard InChI is InChI=1S/C17H24N2O5/c1-17(22,11-23-2)10-18-16(21)12-7-15(20)19(9-12)13-5-4-6-14(8-13)24-3/h4-6,8,12,22H,7,9-11H2,1-3H3,(H,18,21). The Bertz CT molecular complexity index is 602. The number of benzene rings is 1. The molecule has 0 aromatic heterocycles. The molecule has 2 N–H and O–H groups in total. The summed E-state index contributed by atoms with van der Waals surface area (Å²) >= 11 is 0. The van der Waals surface area contributed by atoms with Crippen molar-refractivity contribution in [1.29, 1.82) is 0 Å². The number of aliphatic hydroxyl groups is 1. The summed E-state index contributed by atoms with van der Waals surface area (Å²) in [7, 11) is 3.05. The van der Waals surface area contributed by atoms with Crippen molar-refractivity contribution in [3.8, 4) is 5.75 Å². The van der Waals surface area contributed by atoms with Crippen LogP contribution in [-0.4, -0.2) is 56.4 Å². The Hall–Kier alpha value is -2.12. The molecular weight excluding hydrogens is 312 g/mol. The van der Waals surface area contributed by atoms with Gasteiger partial charge in [0.1, 0.15) is 11.4 Å². The highest BCUT2D eigenvalue weighted by atomic mass is 16.5. The topological polar surface area (TPSA) is 88.1 Å². The Morgan fingerprint density at radius 1 is 1.46 bits per heavy atom. The molecule has 2 atom stereocenters. The number of methoxy groups -OCH3 is 2. The van der Waals surface area contributed by atoms with E-state index in [0.717, 1.165) is 0 Å². The number of carbonyl (C=O) groups is 2. The lowest BCUT2D eigenvalue weighted by atomic mass is 10.1. The lowest BCUT2D eigenvalue weighted by molar-refractivity contribution is -0.127. The molecule has 1 saturated heterocycles. The fraction of sp³-hybridized carbons (Fsp3) is 0.529. The van der Waals surface area contributed by atoms with E-state index in [1.165, 1.54) is 7.11 Å². The second-order valence-corrected chi connectivity index (χ2v) is 6.25. The third kappa shape index (κ3) is 4.46. The largest absolute Gasteiger partial charge is 0.497 e. The third-order valence-electron chi connectivity index (χ3n) is 3.96. The van der Waals surface area contributed by atoms with Gasteiger partial charge >= 0.3 is 0 Å². The quantitative estimate of drug-likeness (QED) is 0.760. The zero-order valence-electron chi connectivity index (χ0n) is 14.2. The molecule has 1 fully saturated rings. The minimum Gasteiger partial charge on any atom is -0.497 e. The first kappa shape index (κ1) is 18.2. The van der Waals surface area contributed by atoms with E-state index in [1.807, 2.05) is 6.07 Å². The maximum Gasteiger partial charge on any atom is 0.227 e. The number of nitrogens with zero attached hydrogens (tertiary/aromatic N) is 1. The lowest BCUT2D eigenvalue weighted by Gasteiger charge is -2.23. The Morgan fingerprint density at radius 3 is 2.88 bits per heavy atom. The van der Waals surface area contributed by atoms with Crippen molar-refractivity contribution in [1.82, 2.24) is 5.32 Å².